The summed E-state index contributed by atoms with van der Waals surface area (Å²) in [6.07, 6.45) is 0. The Morgan fingerprint density at radius 1 is 1.57 bits per heavy atom. The molecule has 0 rings (SSSR count). The van der Waals surface area contributed by atoms with E-state index in [9.17, 15) is 4.79 Å². The fourth-order valence-electron chi connectivity index (χ4n) is 0.332. The Balaban J connectivity index is 3.13. The Morgan fingerprint density at radius 3 is 2.00 bits per heavy atom. The molecule has 0 unspecified atom stereocenters. The van der Waals surface area contributed by atoms with Crippen LogP contribution in [0.25, 0.3) is 0 Å². The quantitative estimate of drug-likeness (QED) is 0.631. The fraction of sp³-hybridized carbons (Fsp3) is 0.750. The number of carbonyl (C=O) groups excluding carboxylic acids is 1. The number of rotatable bonds is 1. The second-order valence-corrected chi connectivity index (χ2v) is 8.32. The van der Waals surface area contributed by atoms with Crippen molar-refractivity contribution in [1.82, 2.24) is 0 Å². The van der Waals surface area contributed by atoms with E-state index >= 15 is 0 Å². The van der Waals surface area contributed by atoms with E-state index < -0.39 is 21.9 Å². The maximum atomic E-state index is 10.1. The number of hydrogen-bond donors (Lipinski definition) is 0. The molecule has 0 N–H and O–H groups in total. The van der Waals surface area contributed by atoms with Gasteiger partial charge < -0.3 is 0 Å². The van der Waals surface area contributed by atoms with Gasteiger partial charge in [-0.25, -0.2) is 0 Å². The van der Waals surface area contributed by atoms with E-state index in [1.807, 2.05) is 9.36 Å². The van der Waals surface area contributed by atoms with Crippen molar-refractivity contribution >= 4 is 27.8 Å². The van der Waals surface area contributed by atoms with Gasteiger partial charge in [0.25, 0.3) is 0 Å². The first-order valence-corrected chi connectivity index (χ1v) is 10.2. The monoisotopic (exact) mass is 204 g/mol. The molecular formula is C4H9InO2. The Labute approximate surface area is 52.0 Å². The van der Waals surface area contributed by atoms with Crippen molar-refractivity contribution in [2.75, 3.05) is 0 Å². The van der Waals surface area contributed by atoms with E-state index in [1.54, 1.807) is 0 Å². The van der Waals surface area contributed by atoms with Crippen molar-refractivity contribution in [1.29, 1.82) is 0 Å². The predicted molar refractivity (Wildman–Crippen MR) is 29.2 cm³/mol. The molecule has 0 aromatic rings. The molecule has 7 heavy (non-hydrogen) atoms. The van der Waals surface area contributed by atoms with Crippen LogP contribution in [-0.4, -0.2) is 27.8 Å². The van der Waals surface area contributed by atoms with Crippen LogP contribution in [0.15, 0.2) is 0 Å². The molecule has 0 aromatic carbocycles. The number of carbonyl (C=O) groups is 1. The molecule has 0 aliphatic carbocycles. The summed E-state index contributed by atoms with van der Waals surface area (Å²) >= 11 is -1.64. The standard InChI is InChI=1S/C2H4O2.2CH3.In/c1-2(3)4;;;/h1H3,(H,3,4);2*1H3;/q;;;+1/p-1. The summed E-state index contributed by atoms with van der Waals surface area (Å²) in [5, 5.41) is 0. The zero-order chi connectivity index (χ0) is 5.86. The van der Waals surface area contributed by atoms with Crippen LogP contribution in [-0.2, 0) is 7.65 Å². The Morgan fingerprint density at radius 2 is 2.00 bits per heavy atom. The summed E-state index contributed by atoms with van der Waals surface area (Å²) in [4.78, 5) is 10.1. The minimum atomic E-state index is -1.64. The van der Waals surface area contributed by atoms with Gasteiger partial charge in [0.1, 0.15) is 0 Å². The molecule has 0 amide bonds. The molecule has 2 nitrogen and oxygen atoms in total. The second-order valence-electron chi connectivity index (χ2n) is 1.66. The second kappa shape index (κ2) is 3.36. The topological polar surface area (TPSA) is 26.3 Å². The van der Waals surface area contributed by atoms with Gasteiger partial charge in [0.15, 0.2) is 0 Å². The molecule has 0 heterocycles. The molecule has 0 saturated carbocycles. The van der Waals surface area contributed by atoms with Crippen molar-refractivity contribution < 1.29 is 7.65 Å². The van der Waals surface area contributed by atoms with Gasteiger partial charge in [0.2, 0.25) is 0 Å². The Hall–Kier alpha value is 0.340. The Bertz CT molecular complexity index is 70.1. The van der Waals surface area contributed by atoms with E-state index in [0.717, 1.165) is 0 Å². The summed E-state index contributed by atoms with van der Waals surface area (Å²) in [5.41, 5.74) is 0. The summed E-state index contributed by atoms with van der Waals surface area (Å²) in [5.74, 6) is -0.120. The van der Waals surface area contributed by atoms with Crippen molar-refractivity contribution in [2.24, 2.45) is 0 Å². The molecular weight excluding hydrogens is 195 g/mol. The van der Waals surface area contributed by atoms with E-state index in [1.165, 1.54) is 6.92 Å². The van der Waals surface area contributed by atoms with Crippen molar-refractivity contribution in [2.45, 2.75) is 16.3 Å². The van der Waals surface area contributed by atoms with Crippen molar-refractivity contribution in [3.05, 3.63) is 0 Å². The fourth-order valence-corrected chi connectivity index (χ4v) is 2.23. The normalized spacial score (nSPS) is 7.86. The minimum absolute atomic E-state index is 0.120. The molecule has 0 radical (unpaired) electrons. The van der Waals surface area contributed by atoms with Crippen LogP contribution in [0.5, 0.6) is 0 Å². The van der Waals surface area contributed by atoms with E-state index in [2.05, 4.69) is 0 Å². The van der Waals surface area contributed by atoms with Gasteiger partial charge in [-0.05, 0) is 0 Å². The molecule has 3 heteroatoms. The van der Waals surface area contributed by atoms with Crippen LogP contribution < -0.4 is 0 Å². The SMILES string of the molecule is CC(=O)[O][In]([CH3])[CH3]. The summed E-state index contributed by atoms with van der Waals surface area (Å²) in [6.45, 7) is 1.46. The summed E-state index contributed by atoms with van der Waals surface area (Å²) < 4.78 is 8.88. The maximum absolute atomic E-state index is 10.1. The first kappa shape index (κ1) is 7.34. The van der Waals surface area contributed by atoms with Crippen LogP contribution >= 0.6 is 0 Å². The average molecular weight is 204 g/mol. The predicted octanol–water partition coefficient (Wildman–Crippen LogP) is 0.801. The van der Waals surface area contributed by atoms with Crippen LogP contribution in [0.3, 0.4) is 0 Å². The van der Waals surface area contributed by atoms with Gasteiger partial charge in [-0.2, -0.15) is 0 Å². The zero-order valence-corrected chi connectivity index (χ0v) is 8.19. The van der Waals surface area contributed by atoms with Crippen LogP contribution in [0.1, 0.15) is 6.92 Å². The van der Waals surface area contributed by atoms with E-state index in [0.29, 0.717) is 0 Å². The third-order valence-electron chi connectivity index (χ3n) is 0.402. The third kappa shape index (κ3) is 6.34. The zero-order valence-electron chi connectivity index (χ0n) is 4.89. The van der Waals surface area contributed by atoms with Crippen LogP contribution in [0.2, 0.25) is 9.36 Å². The molecule has 0 saturated heterocycles. The average Bonchev–Trinajstić information content (AvgIpc) is 1.27. The summed E-state index contributed by atoms with van der Waals surface area (Å²) in [7, 11) is 0. The van der Waals surface area contributed by atoms with Gasteiger partial charge in [-0.1, -0.05) is 0 Å². The first-order chi connectivity index (χ1) is 3.13. The summed E-state index contributed by atoms with van der Waals surface area (Å²) in [6, 6.07) is 0. The molecule has 0 spiro atoms. The molecule has 0 atom stereocenters. The van der Waals surface area contributed by atoms with Crippen molar-refractivity contribution in [3.63, 3.8) is 0 Å². The molecule has 0 aliphatic rings. The molecule has 0 aromatic heterocycles. The van der Waals surface area contributed by atoms with Crippen LogP contribution in [0.4, 0.5) is 0 Å². The molecule has 40 valence electrons. The van der Waals surface area contributed by atoms with E-state index in [4.69, 9.17) is 2.85 Å². The third-order valence-corrected chi connectivity index (χ3v) is 2.69. The van der Waals surface area contributed by atoms with Gasteiger partial charge in [-0.15, -0.1) is 0 Å². The molecule has 0 aliphatic heterocycles. The molecule has 0 fully saturated rings. The van der Waals surface area contributed by atoms with Gasteiger partial charge >= 0.3 is 51.8 Å². The van der Waals surface area contributed by atoms with Crippen molar-refractivity contribution in [3.8, 4) is 0 Å². The van der Waals surface area contributed by atoms with Crippen LogP contribution in [0, 0.1) is 0 Å². The van der Waals surface area contributed by atoms with Gasteiger partial charge in [-0.3, -0.25) is 0 Å². The number of hydrogen-bond acceptors (Lipinski definition) is 2. The van der Waals surface area contributed by atoms with Gasteiger partial charge in [0.05, 0.1) is 0 Å². The van der Waals surface area contributed by atoms with E-state index in [-0.39, 0.29) is 5.97 Å². The van der Waals surface area contributed by atoms with Gasteiger partial charge in [0, 0.05) is 0 Å². The molecule has 0 bridgehead atoms. The first-order valence-electron chi connectivity index (χ1n) is 2.30. The Kier molecular flexibility index (Phi) is 3.52.